The average molecular weight is 816 g/mol. The van der Waals surface area contributed by atoms with Crippen LogP contribution in [0.5, 0.6) is 17.2 Å². The van der Waals surface area contributed by atoms with Crippen LogP contribution in [0.2, 0.25) is 0 Å². The number of hydrogen-bond donors (Lipinski definition) is 3. The van der Waals surface area contributed by atoms with E-state index in [1.54, 1.807) is 48.5 Å². The summed E-state index contributed by atoms with van der Waals surface area (Å²) in [5.74, 6) is -4.21. The number of anilines is 1. The SMILES string of the molecule is COc1cc(OC)c2oc(COC(=O)Nc3ccn(C4OC(COP(=O)(N[C@@H](C)C(=O)OCc5ccccc5)Oc5cccnc5)[C@@H](O)C4(F)F)c(=O)n3)cc2c1. The molecule has 1 aliphatic heterocycles. The zero-order valence-corrected chi connectivity index (χ0v) is 31.3. The number of amides is 1. The van der Waals surface area contributed by atoms with Crippen molar-refractivity contribution in [3.05, 3.63) is 107 Å². The van der Waals surface area contributed by atoms with Gasteiger partial charge in [-0.25, -0.2) is 14.2 Å². The van der Waals surface area contributed by atoms with Gasteiger partial charge in [-0.05, 0) is 42.8 Å². The average Bonchev–Trinajstić information content (AvgIpc) is 3.72. The van der Waals surface area contributed by atoms with Crippen LogP contribution >= 0.6 is 7.75 Å². The van der Waals surface area contributed by atoms with Gasteiger partial charge in [0.1, 0.15) is 41.8 Å². The fourth-order valence-electron chi connectivity index (χ4n) is 5.48. The van der Waals surface area contributed by atoms with Gasteiger partial charge in [0, 0.05) is 23.8 Å². The molecule has 1 aliphatic rings. The number of furan rings is 1. The first-order valence-electron chi connectivity index (χ1n) is 17.0. The van der Waals surface area contributed by atoms with Gasteiger partial charge in [0.15, 0.2) is 24.0 Å². The third-order valence-electron chi connectivity index (χ3n) is 8.30. The molecule has 5 atom stereocenters. The topological polar surface area (TPSA) is 221 Å². The number of pyridine rings is 1. The Bertz CT molecular complexity index is 2300. The summed E-state index contributed by atoms with van der Waals surface area (Å²) in [5, 5.41) is 15.8. The molecule has 1 fully saturated rings. The molecule has 0 saturated carbocycles. The lowest BCUT2D eigenvalue weighted by Crippen LogP contribution is -2.42. The van der Waals surface area contributed by atoms with Gasteiger partial charge < -0.3 is 37.7 Å². The van der Waals surface area contributed by atoms with E-state index in [4.69, 9.17) is 37.1 Å². The molecule has 302 valence electrons. The van der Waals surface area contributed by atoms with Crippen LogP contribution in [0.4, 0.5) is 19.4 Å². The maximum absolute atomic E-state index is 15.4. The first kappa shape index (κ1) is 40.7. The molecule has 0 radical (unpaired) electrons. The van der Waals surface area contributed by atoms with Crippen LogP contribution in [0.25, 0.3) is 11.0 Å². The molecule has 21 heteroatoms. The van der Waals surface area contributed by atoms with Crippen molar-refractivity contribution in [3.8, 4) is 17.2 Å². The Morgan fingerprint density at radius 3 is 2.53 bits per heavy atom. The van der Waals surface area contributed by atoms with Gasteiger partial charge in [0.25, 0.3) is 0 Å². The lowest BCUT2D eigenvalue weighted by atomic mass is 10.1. The lowest BCUT2D eigenvalue weighted by molar-refractivity contribution is -0.146. The monoisotopic (exact) mass is 815 g/mol. The number of halogens is 2. The van der Waals surface area contributed by atoms with Crippen LogP contribution < -0.4 is 30.1 Å². The molecule has 4 heterocycles. The van der Waals surface area contributed by atoms with E-state index >= 15 is 8.78 Å². The van der Waals surface area contributed by atoms with Crippen molar-refractivity contribution in [3.63, 3.8) is 0 Å². The number of rotatable bonds is 16. The number of carbonyl (C=O) groups is 2. The largest absolute Gasteiger partial charge is 0.497 e. The Balaban J connectivity index is 1.08. The van der Waals surface area contributed by atoms with Crippen molar-refractivity contribution in [2.75, 3.05) is 26.1 Å². The van der Waals surface area contributed by atoms with E-state index in [9.17, 15) is 24.1 Å². The van der Waals surface area contributed by atoms with Crippen molar-refractivity contribution in [1.29, 1.82) is 0 Å². The van der Waals surface area contributed by atoms with Crippen molar-refractivity contribution in [2.45, 2.75) is 50.5 Å². The summed E-state index contributed by atoms with van der Waals surface area (Å²) in [7, 11) is -1.67. The van der Waals surface area contributed by atoms with E-state index in [1.807, 2.05) is 0 Å². The van der Waals surface area contributed by atoms with Crippen LogP contribution in [-0.4, -0.2) is 76.7 Å². The highest BCUT2D eigenvalue weighted by molar-refractivity contribution is 7.52. The molecule has 3 unspecified atom stereocenters. The smallest absolute Gasteiger partial charge is 0.459 e. The summed E-state index contributed by atoms with van der Waals surface area (Å²) < 4.78 is 88.2. The summed E-state index contributed by atoms with van der Waals surface area (Å²) >= 11 is 0. The highest BCUT2D eigenvalue weighted by Crippen LogP contribution is 2.48. The highest BCUT2D eigenvalue weighted by Gasteiger charge is 2.60. The minimum atomic E-state index is -4.61. The number of ether oxygens (including phenoxy) is 5. The van der Waals surface area contributed by atoms with Gasteiger partial charge in [-0.2, -0.15) is 18.9 Å². The number of hydrogen-bond acceptors (Lipinski definition) is 15. The number of esters is 1. The van der Waals surface area contributed by atoms with Gasteiger partial charge in [-0.3, -0.25) is 24.2 Å². The molecule has 0 spiro atoms. The number of benzene rings is 2. The van der Waals surface area contributed by atoms with Gasteiger partial charge >= 0.3 is 31.4 Å². The van der Waals surface area contributed by atoms with Gasteiger partial charge in [0.2, 0.25) is 6.23 Å². The fraction of sp³-hybridized carbons (Fsp3) is 0.306. The van der Waals surface area contributed by atoms with E-state index in [-0.39, 0.29) is 30.5 Å². The second kappa shape index (κ2) is 17.5. The van der Waals surface area contributed by atoms with Crippen molar-refractivity contribution >= 4 is 36.6 Å². The molecule has 6 rings (SSSR count). The number of aliphatic hydroxyl groups is 1. The quantitative estimate of drug-likeness (QED) is 0.0884. The predicted molar refractivity (Wildman–Crippen MR) is 194 cm³/mol. The predicted octanol–water partition coefficient (Wildman–Crippen LogP) is 4.97. The third-order valence-corrected chi connectivity index (χ3v) is 9.94. The number of aliphatic hydroxyl groups excluding tert-OH is 1. The maximum Gasteiger partial charge on any atom is 0.459 e. The number of alkyl halides is 2. The van der Waals surface area contributed by atoms with E-state index < -0.39 is 62.5 Å². The summed E-state index contributed by atoms with van der Waals surface area (Å²) in [6.07, 6.45) is -4.46. The van der Waals surface area contributed by atoms with E-state index in [0.717, 1.165) is 12.3 Å². The normalized spacial score (nSPS) is 18.9. The van der Waals surface area contributed by atoms with Crippen LogP contribution in [0.15, 0.2) is 94.5 Å². The maximum atomic E-state index is 15.4. The van der Waals surface area contributed by atoms with Crippen LogP contribution in [-0.2, 0) is 41.3 Å². The Hall–Kier alpha value is -5.92. The minimum Gasteiger partial charge on any atom is -0.497 e. The Morgan fingerprint density at radius 2 is 1.82 bits per heavy atom. The second-order valence-corrected chi connectivity index (χ2v) is 14.0. The molecule has 0 bridgehead atoms. The summed E-state index contributed by atoms with van der Waals surface area (Å²) in [5.41, 5.74) is -0.212. The molecule has 1 saturated heterocycles. The lowest BCUT2D eigenvalue weighted by Gasteiger charge is -2.24. The number of fused-ring (bicyclic) bond motifs is 1. The van der Waals surface area contributed by atoms with Crippen LogP contribution in [0, 0.1) is 0 Å². The standard InChI is InChI=1S/C36H36F2N5O13P/c1-21(32(45)51-18-22-8-5-4-6-9-22)42-57(48,56-24-10-7-12-39-17-24)53-20-28-31(44)36(37,38)33(55-28)43-13-11-29(40-34(43)46)41-35(47)52-19-26-15-23-14-25(49-2)16-27(50-3)30(23)54-26/h4-17,21,28,31,33,44H,18-20H2,1-3H3,(H,42,48)(H,40,41,46,47)/t21-,28?,31+,33?,57?/m0/s1. The van der Waals surface area contributed by atoms with Crippen LogP contribution in [0.3, 0.4) is 0 Å². The van der Waals surface area contributed by atoms with Gasteiger partial charge in [-0.1, -0.05) is 30.3 Å². The first-order chi connectivity index (χ1) is 27.3. The summed E-state index contributed by atoms with van der Waals surface area (Å²) in [6, 6.07) is 16.2. The number of aromatic nitrogens is 3. The number of carbonyl (C=O) groups excluding carboxylic acids is 2. The minimum absolute atomic E-state index is 0.0688. The fourth-order valence-corrected chi connectivity index (χ4v) is 6.97. The van der Waals surface area contributed by atoms with Crippen molar-refractivity contribution < 1.29 is 65.2 Å². The zero-order chi connectivity index (χ0) is 40.7. The summed E-state index contributed by atoms with van der Waals surface area (Å²) in [4.78, 5) is 45.6. The summed E-state index contributed by atoms with van der Waals surface area (Å²) in [6.45, 7) is -0.0814. The second-order valence-electron chi connectivity index (χ2n) is 12.3. The molecule has 1 amide bonds. The van der Waals surface area contributed by atoms with E-state index in [1.165, 1.54) is 45.7 Å². The van der Waals surface area contributed by atoms with Gasteiger partial charge in [0.05, 0.1) is 27.0 Å². The molecule has 2 aromatic carbocycles. The van der Waals surface area contributed by atoms with Crippen molar-refractivity contribution in [2.24, 2.45) is 0 Å². The number of nitrogens with zero attached hydrogens (tertiary/aromatic N) is 3. The molecule has 3 aromatic heterocycles. The highest BCUT2D eigenvalue weighted by atomic mass is 31.2. The Morgan fingerprint density at radius 1 is 1.04 bits per heavy atom. The van der Waals surface area contributed by atoms with Crippen LogP contribution in [0.1, 0.15) is 24.5 Å². The van der Waals surface area contributed by atoms with Gasteiger partial charge in [-0.15, -0.1) is 0 Å². The third kappa shape index (κ3) is 9.73. The number of methoxy groups -OCH3 is 2. The molecule has 18 nitrogen and oxygen atoms in total. The molecule has 57 heavy (non-hydrogen) atoms. The zero-order valence-electron chi connectivity index (χ0n) is 30.4. The molecular weight excluding hydrogens is 779 g/mol. The molecular formula is C36H36F2N5O13P. The molecule has 3 N–H and O–H groups in total. The Labute approximate surface area is 322 Å². The molecule has 0 aliphatic carbocycles. The number of nitrogens with one attached hydrogen (secondary N) is 2. The Kier molecular flexibility index (Phi) is 12.5. The van der Waals surface area contributed by atoms with E-state index in [0.29, 0.717) is 32.6 Å². The molecule has 5 aromatic rings. The van der Waals surface area contributed by atoms with E-state index in [2.05, 4.69) is 20.4 Å². The van der Waals surface area contributed by atoms with Crippen molar-refractivity contribution in [1.82, 2.24) is 19.6 Å². The first-order valence-corrected chi connectivity index (χ1v) is 18.5.